The van der Waals surface area contributed by atoms with Crippen molar-refractivity contribution in [3.05, 3.63) is 54.1 Å². The summed E-state index contributed by atoms with van der Waals surface area (Å²) in [5, 5.41) is 8.91. The van der Waals surface area contributed by atoms with Crippen molar-refractivity contribution in [3.8, 4) is 11.1 Å². The van der Waals surface area contributed by atoms with E-state index in [2.05, 4.69) is 4.98 Å². The van der Waals surface area contributed by atoms with E-state index in [9.17, 15) is 9.18 Å². The topological polar surface area (TPSA) is 53.4 Å². The van der Waals surface area contributed by atoms with Crippen LogP contribution in [0.1, 0.15) is 18.9 Å². The molecule has 1 heterocycles. The van der Waals surface area contributed by atoms with Gasteiger partial charge in [0.1, 0.15) is 5.82 Å². The predicted molar refractivity (Wildman–Crippen MR) is 82.8 cm³/mol. The summed E-state index contributed by atoms with van der Waals surface area (Å²) < 4.78 is 14.3. The van der Waals surface area contributed by atoms with Crippen molar-refractivity contribution in [2.24, 2.45) is 0 Å². The van der Waals surface area contributed by atoms with Gasteiger partial charge in [-0.3, -0.25) is 14.7 Å². The molecule has 0 spiro atoms. The van der Waals surface area contributed by atoms with Crippen molar-refractivity contribution in [2.45, 2.75) is 19.9 Å². The summed E-state index contributed by atoms with van der Waals surface area (Å²) in [5.41, 5.74) is 2.19. The Labute approximate surface area is 129 Å². The molecule has 0 saturated carbocycles. The molecule has 0 bridgehead atoms. The van der Waals surface area contributed by atoms with Crippen LogP contribution < -0.4 is 0 Å². The first-order valence-electron chi connectivity index (χ1n) is 7.23. The highest BCUT2D eigenvalue weighted by Gasteiger charge is 2.12. The summed E-state index contributed by atoms with van der Waals surface area (Å²) in [4.78, 5) is 16.5. The van der Waals surface area contributed by atoms with Gasteiger partial charge in [-0.25, -0.2) is 4.39 Å². The summed E-state index contributed by atoms with van der Waals surface area (Å²) in [6.45, 7) is 2.80. The van der Waals surface area contributed by atoms with E-state index in [1.54, 1.807) is 23.4 Å². The van der Waals surface area contributed by atoms with Gasteiger partial charge in [-0.1, -0.05) is 19.1 Å². The highest BCUT2D eigenvalue weighted by atomic mass is 19.1. The Hall–Kier alpha value is -2.27. The fraction of sp³-hybridized carbons (Fsp3) is 0.294. The third-order valence-electron chi connectivity index (χ3n) is 3.36. The van der Waals surface area contributed by atoms with E-state index in [1.165, 1.54) is 6.07 Å². The van der Waals surface area contributed by atoms with Crippen LogP contribution in [0.4, 0.5) is 4.39 Å². The third kappa shape index (κ3) is 4.36. The molecule has 1 aromatic heterocycles. The number of carboxylic acid groups (broad SMARTS) is 1. The monoisotopic (exact) mass is 302 g/mol. The van der Waals surface area contributed by atoms with Gasteiger partial charge in [0, 0.05) is 24.5 Å². The maximum atomic E-state index is 14.3. The van der Waals surface area contributed by atoms with Crippen LogP contribution in [0, 0.1) is 5.82 Å². The van der Waals surface area contributed by atoms with Crippen LogP contribution in [0.2, 0.25) is 0 Å². The van der Waals surface area contributed by atoms with Gasteiger partial charge in [-0.2, -0.15) is 0 Å². The van der Waals surface area contributed by atoms with Crippen molar-refractivity contribution in [3.63, 3.8) is 0 Å². The Morgan fingerprint density at radius 1 is 1.23 bits per heavy atom. The van der Waals surface area contributed by atoms with Crippen LogP contribution in [0.5, 0.6) is 0 Å². The second-order valence-electron chi connectivity index (χ2n) is 5.15. The van der Waals surface area contributed by atoms with Crippen LogP contribution in [-0.4, -0.2) is 34.0 Å². The lowest BCUT2D eigenvalue weighted by Gasteiger charge is -2.20. The zero-order valence-electron chi connectivity index (χ0n) is 12.5. The number of nitrogens with zero attached hydrogens (tertiary/aromatic N) is 2. The summed E-state index contributed by atoms with van der Waals surface area (Å²) in [5.74, 6) is -1.22. The third-order valence-corrected chi connectivity index (χ3v) is 3.36. The molecule has 22 heavy (non-hydrogen) atoms. The Morgan fingerprint density at radius 2 is 1.95 bits per heavy atom. The molecule has 2 aromatic rings. The number of carboxylic acids is 1. The van der Waals surface area contributed by atoms with Crippen LogP contribution in [-0.2, 0) is 11.3 Å². The van der Waals surface area contributed by atoms with Crippen LogP contribution >= 0.6 is 0 Å². The number of aromatic nitrogens is 1. The summed E-state index contributed by atoms with van der Waals surface area (Å²) in [6, 6.07) is 8.69. The van der Waals surface area contributed by atoms with Gasteiger partial charge < -0.3 is 5.11 Å². The average molecular weight is 302 g/mol. The molecule has 1 aromatic carbocycles. The highest BCUT2D eigenvalue weighted by molar-refractivity contribution is 5.69. The van der Waals surface area contributed by atoms with Gasteiger partial charge >= 0.3 is 5.97 Å². The second kappa shape index (κ2) is 7.66. The number of pyridine rings is 1. The molecule has 0 atom stereocenters. The molecule has 0 radical (unpaired) electrons. The second-order valence-corrected chi connectivity index (χ2v) is 5.15. The zero-order valence-corrected chi connectivity index (χ0v) is 12.5. The molecular weight excluding hydrogens is 283 g/mol. The minimum Gasteiger partial charge on any atom is -0.480 e. The molecular formula is C17H19FN2O2. The molecule has 2 rings (SSSR count). The molecule has 0 fully saturated rings. The van der Waals surface area contributed by atoms with E-state index in [-0.39, 0.29) is 12.4 Å². The molecule has 1 N–H and O–H groups in total. The quantitative estimate of drug-likeness (QED) is 0.853. The van der Waals surface area contributed by atoms with E-state index in [4.69, 9.17) is 5.11 Å². The number of aliphatic carboxylic acids is 1. The number of hydrogen-bond acceptors (Lipinski definition) is 3. The predicted octanol–water partition coefficient (Wildman–Crippen LogP) is 3.18. The zero-order chi connectivity index (χ0) is 15.9. The first-order valence-corrected chi connectivity index (χ1v) is 7.23. The Kier molecular flexibility index (Phi) is 5.61. The fourth-order valence-electron chi connectivity index (χ4n) is 2.36. The molecule has 0 aliphatic rings. The maximum absolute atomic E-state index is 14.3. The van der Waals surface area contributed by atoms with Gasteiger partial charge in [0.25, 0.3) is 0 Å². The van der Waals surface area contributed by atoms with E-state index in [1.807, 2.05) is 25.1 Å². The first-order chi connectivity index (χ1) is 10.6. The fourth-order valence-corrected chi connectivity index (χ4v) is 2.36. The number of halogens is 1. The van der Waals surface area contributed by atoms with E-state index < -0.39 is 5.97 Å². The average Bonchev–Trinajstić information content (AvgIpc) is 2.50. The van der Waals surface area contributed by atoms with Crippen molar-refractivity contribution in [1.82, 2.24) is 9.88 Å². The highest BCUT2D eigenvalue weighted by Crippen LogP contribution is 2.22. The Balaban J connectivity index is 2.17. The Bertz CT molecular complexity index is 632. The molecule has 0 aliphatic heterocycles. The minimum atomic E-state index is -0.901. The van der Waals surface area contributed by atoms with Gasteiger partial charge in [0.05, 0.1) is 6.54 Å². The summed E-state index contributed by atoms with van der Waals surface area (Å²) in [7, 11) is 0. The van der Waals surface area contributed by atoms with Crippen molar-refractivity contribution in [2.75, 3.05) is 13.1 Å². The number of carbonyl (C=O) groups is 1. The van der Waals surface area contributed by atoms with Crippen molar-refractivity contribution >= 4 is 5.97 Å². The van der Waals surface area contributed by atoms with E-state index in [0.717, 1.165) is 17.5 Å². The summed E-state index contributed by atoms with van der Waals surface area (Å²) >= 11 is 0. The number of benzene rings is 1. The molecule has 0 saturated heterocycles. The van der Waals surface area contributed by atoms with E-state index in [0.29, 0.717) is 18.7 Å². The lowest BCUT2D eigenvalue weighted by atomic mass is 10.0. The van der Waals surface area contributed by atoms with Gasteiger partial charge in [-0.15, -0.1) is 0 Å². The van der Waals surface area contributed by atoms with Crippen LogP contribution in [0.3, 0.4) is 0 Å². The SMILES string of the molecule is CCCN(CC(=O)O)Cc1ccc(-c2ccncc2)cc1F. The molecule has 5 heteroatoms. The smallest absolute Gasteiger partial charge is 0.317 e. The normalized spacial score (nSPS) is 10.9. The number of hydrogen-bond donors (Lipinski definition) is 1. The van der Waals surface area contributed by atoms with Gasteiger partial charge in [-0.05, 0) is 42.3 Å². The largest absolute Gasteiger partial charge is 0.480 e. The lowest BCUT2D eigenvalue weighted by Crippen LogP contribution is -2.30. The Morgan fingerprint density at radius 3 is 2.55 bits per heavy atom. The molecule has 116 valence electrons. The minimum absolute atomic E-state index is 0.0839. The molecule has 0 unspecified atom stereocenters. The lowest BCUT2D eigenvalue weighted by molar-refractivity contribution is -0.138. The van der Waals surface area contributed by atoms with Crippen molar-refractivity contribution in [1.29, 1.82) is 0 Å². The number of rotatable bonds is 7. The molecule has 4 nitrogen and oxygen atoms in total. The standard InChI is InChI=1S/C17H19FN2O2/c1-2-9-20(12-17(21)22)11-15-4-3-14(10-16(15)18)13-5-7-19-8-6-13/h3-8,10H,2,9,11-12H2,1H3,(H,21,22). The van der Waals surface area contributed by atoms with E-state index >= 15 is 0 Å². The first kappa shape index (κ1) is 16.1. The maximum Gasteiger partial charge on any atom is 0.317 e. The van der Waals surface area contributed by atoms with Gasteiger partial charge in [0.2, 0.25) is 0 Å². The molecule has 0 amide bonds. The van der Waals surface area contributed by atoms with Crippen LogP contribution in [0.15, 0.2) is 42.7 Å². The van der Waals surface area contributed by atoms with Crippen molar-refractivity contribution < 1.29 is 14.3 Å². The van der Waals surface area contributed by atoms with Crippen LogP contribution in [0.25, 0.3) is 11.1 Å². The van der Waals surface area contributed by atoms with Gasteiger partial charge in [0.15, 0.2) is 0 Å². The summed E-state index contributed by atoms with van der Waals surface area (Å²) in [6.07, 6.45) is 4.15. The molecule has 0 aliphatic carbocycles.